The van der Waals surface area contributed by atoms with Crippen LogP contribution in [0.15, 0.2) is 0 Å². The average molecular weight is 186 g/mol. The summed E-state index contributed by atoms with van der Waals surface area (Å²) < 4.78 is 0. The third kappa shape index (κ3) is 8.85. The second kappa shape index (κ2) is 7.58. The molecule has 0 saturated carbocycles. The van der Waals surface area contributed by atoms with Crippen molar-refractivity contribution in [1.29, 1.82) is 0 Å². The molecule has 13 heavy (non-hydrogen) atoms. The Bertz CT molecular complexity index is 169. The van der Waals surface area contributed by atoms with E-state index in [0.29, 0.717) is 19.4 Å². The van der Waals surface area contributed by atoms with Gasteiger partial charge in [0.15, 0.2) is 0 Å². The molecule has 4 heteroatoms. The van der Waals surface area contributed by atoms with Crippen molar-refractivity contribution in [3.05, 3.63) is 0 Å². The second-order valence-electron chi connectivity index (χ2n) is 2.98. The van der Waals surface area contributed by atoms with Gasteiger partial charge in [0.25, 0.3) is 0 Å². The number of hydrogen-bond acceptors (Lipinski definition) is 2. The SMILES string of the molecule is CCC(=O)NCCCCCC(N)=O. The quantitative estimate of drug-likeness (QED) is 0.570. The number of unbranched alkanes of at least 4 members (excludes halogenated alkanes) is 2. The van der Waals surface area contributed by atoms with Gasteiger partial charge in [0.2, 0.25) is 11.8 Å². The molecule has 2 amide bonds. The van der Waals surface area contributed by atoms with Gasteiger partial charge >= 0.3 is 0 Å². The van der Waals surface area contributed by atoms with Gasteiger partial charge in [0, 0.05) is 19.4 Å². The van der Waals surface area contributed by atoms with Gasteiger partial charge in [-0.1, -0.05) is 13.3 Å². The lowest BCUT2D eigenvalue weighted by Crippen LogP contribution is -2.23. The van der Waals surface area contributed by atoms with E-state index in [2.05, 4.69) is 5.32 Å². The molecule has 0 aliphatic carbocycles. The van der Waals surface area contributed by atoms with Crippen molar-refractivity contribution in [3.8, 4) is 0 Å². The Balaban J connectivity index is 3.08. The molecule has 0 radical (unpaired) electrons. The normalized spacial score (nSPS) is 9.62. The molecule has 0 aliphatic rings. The molecule has 0 heterocycles. The lowest BCUT2D eigenvalue weighted by Gasteiger charge is -2.02. The fourth-order valence-electron chi connectivity index (χ4n) is 0.954. The van der Waals surface area contributed by atoms with Crippen LogP contribution in [0.3, 0.4) is 0 Å². The Morgan fingerprint density at radius 2 is 1.92 bits per heavy atom. The Morgan fingerprint density at radius 3 is 2.46 bits per heavy atom. The molecule has 0 aromatic carbocycles. The number of hydrogen-bond donors (Lipinski definition) is 2. The van der Waals surface area contributed by atoms with Crippen molar-refractivity contribution in [2.24, 2.45) is 5.73 Å². The first-order chi connectivity index (χ1) is 6.16. The van der Waals surface area contributed by atoms with Crippen molar-refractivity contribution in [1.82, 2.24) is 5.32 Å². The summed E-state index contributed by atoms with van der Waals surface area (Å²) in [6, 6.07) is 0. The Hall–Kier alpha value is -1.06. The number of nitrogens with two attached hydrogens (primary N) is 1. The Labute approximate surface area is 78.9 Å². The lowest BCUT2D eigenvalue weighted by atomic mass is 10.2. The van der Waals surface area contributed by atoms with Crippen LogP contribution in [-0.4, -0.2) is 18.4 Å². The van der Waals surface area contributed by atoms with Gasteiger partial charge in [0.05, 0.1) is 0 Å². The van der Waals surface area contributed by atoms with E-state index >= 15 is 0 Å². The van der Waals surface area contributed by atoms with E-state index in [1.807, 2.05) is 6.92 Å². The summed E-state index contributed by atoms with van der Waals surface area (Å²) in [4.78, 5) is 21.1. The van der Waals surface area contributed by atoms with E-state index in [-0.39, 0.29) is 11.8 Å². The number of amides is 2. The van der Waals surface area contributed by atoms with Crippen molar-refractivity contribution in [2.45, 2.75) is 39.0 Å². The minimum atomic E-state index is -0.252. The molecule has 4 nitrogen and oxygen atoms in total. The summed E-state index contributed by atoms with van der Waals surface area (Å²) in [6.45, 7) is 2.52. The van der Waals surface area contributed by atoms with Crippen LogP contribution in [0.4, 0.5) is 0 Å². The summed E-state index contributed by atoms with van der Waals surface area (Å²) >= 11 is 0. The van der Waals surface area contributed by atoms with Crippen molar-refractivity contribution in [3.63, 3.8) is 0 Å². The molecule has 0 aliphatic heterocycles. The molecule has 0 spiro atoms. The first-order valence-electron chi connectivity index (χ1n) is 4.71. The van der Waals surface area contributed by atoms with Gasteiger partial charge in [-0.3, -0.25) is 9.59 Å². The number of carbonyl (C=O) groups is 2. The topological polar surface area (TPSA) is 72.2 Å². The summed E-state index contributed by atoms with van der Waals surface area (Å²) in [7, 11) is 0. The van der Waals surface area contributed by atoms with Gasteiger partial charge in [-0.15, -0.1) is 0 Å². The highest BCUT2D eigenvalue weighted by Crippen LogP contribution is 1.97. The van der Waals surface area contributed by atoms with Crippen LogP contribution in [0.25, 0.3) is 0 Å². The maximum absolute atomic E-state index is 10.8. The molecule has 0 saturated heterocycles. The van der Waals surface area contributed by atoms with E-state index in [0.717, 1.165) is 19.3 Å². The molecule has 0 bridgehead atoms. The van der Waals surface area contributed by atoms with E-state index in [9.17, 15) is 9.59 Å². The monoisotopic (exact) mass is 186 g/mol. The second-order valence-corrected chi connectivity index (χ2v) is 2.98. The summed E-state index contributed by atoms with van der Waals surface area (Å²) in [5.74, 6) is -0.174. The molecule has 0 aromatic heterocycles. The number of carbonyl (C=O) groups excluding carboxylic acids is 2. The van der Waals surface area contributed by atoms with E-state index in [1.54, 1.807) is 0 Å². The highest BCUT2D eigenvalue weighted by Gasteiger charge is 1.96. The fraction of sp³-hybridized carbons (Fsp3) is 0.778. The molecule has 76 valence electrons. The van der Waals surface area contributed by atoms with Gasteiger partial charge in [0.1, 0.15) is 0 Å². The highest BCUT2D eigenvalue weighted by molar-refractivity contribution is 5.75. The van der Waals surface area contributed by atoms with Crippen molar-refractivity contribution >= 4 is 11.8 Å². The molecule has 0 rings (SSSR count). The zero-order chi connectivity index (χ0) is 10.1. The minimum absolute atomic E-state index is 0.0786. The number of rotatable bonds is 7. The molecular formula is C9H18N2O2. The zero-order valence-corrected chi connectivity index (χ0v) is 8.14. The zero-order valence-electron chi connectivity index (χ0n) is 8.14. The highest BCUT2D eigenvalue weighted by atomic mass is 16.1. The van der Waals surface area contributed by atoms with Gasteiger partial charge < -0.3 is 11.1 Å². The van der Waals surface area contributed by atoms with Crippen LogP contribution in [0.1, 0.15) is 39.0 Å². The molecule has 0 fully saturated rings. The van der Waals surface area contributed by atoms with Gasteiger partial charge in [-0.25, -0.2) is 0 Å². The van der Waals surface area contributed by atoms with Gasteiger partial charge in [-0.05, 0) is 12.8 Å². The van der Waals surface area contributed by atoms with E-state index < -0.39 is 0 Å². The molecular weight excluding hydrogens is 168 g/mol. The predicted molar refractivity (Wildman–Crippen MR) is 51.0 cm³/mol. The van der Waals surface area contributed by atoms with Crippen LogP contribution in [0.2, 0.25) is 0 Å². The average Bonchev–Trinajstić information content (AvgIpc) is 2.10. The van der Waals surface area contributed by atoms with Gasteiger partial charge in [-0.2, -0.15) is 0 Å². The number of primary amides is 1. The molecule has 0 unspecified atom stereocenters. The summed E-state index contributed by atoms with van der Waals surface area (Å²) in [6.07, 6.45) is 3.65. The molecule has 3 N–H and O–H groups in total. The third-order valence-electron chi connectivity index (χ3n) is 1.74. The number of nitrogens with one attached hydrogen (secondary N) is 1. The van der Waals surface area contributed by atoms with Crippen molar-refractivity contribution < 1.29 is 9.59 Å². The Morgan fingerprint density at radius 1 is 1.23 bits per heavy atom. The van der Waals surface area contributed by atoms with E-state index in [1.165, 1.54) is 0 Å². The van der Waals surface area contributed by atoms with Crippen LogP contribution < -0.4 is 11.1 Å². The van der Waals surface area contributed by atoms with Crippen LogP contribution in [0, 0.1) is 0 Å². The minimum Gasteiger partial charge on any atom is -0.370 e. The van der Waals surface area contributed by atoms with Crippen LogP contribution in [-0.2, 0) is 9.59 Å². The fourth-order valence-corrected chi connectivity index (χ4v) is 0.954. The maximum atomic E-state index is 10.8. The third-order valence-corrected chi connectivity index (χ3v) is 1.74. The van der Waals surface area contributed by atoms with Crippen LogP contribution >= 0.6 is 0 Å². The summed E-state index contributed by atoms with van der Waals surface area (Å²) in [5, 5.41) is 2.77. The predicted octanol–water partition coefficient (Wildman–Crippen LogP) is 0.558. The first kappa shape index (κ1) is 11.9. The van der Waals surface area contributed by atoms with E-state index in [4.69, 9.17) is 5.73 Å². The largest absolute Gasteiger partial charge is 0.370 e. The first-order valence-corrected chi connectivity index (χ1v) is 4.71. The Kier molecular flexibility index (Phi) is 6.96. The molecule has 0 atom stereocenters. The van der Waals surface area contributed by atoms with Crippen molar-refractivity contribution in [2.75, 3.05) is 6.54 Å². The smallest absolute Gasteiger partial charge is 0.219 e. The maximum Gasteiger partial charge on any atom is 0.219 e. The summed E-state index contributed by atoms with van der Waals surface area (Å²) in [5.41, 5.74) is 4.97. The molecule has 0 aromatic rings. The standard InChI is InChI=1S/C9H18N2O2/c1-2-9(13)11-7-5-3-4-6-8(10)12/h2-7H2,1H3,(H2,10,12)(H,11,13). The lowest BCUT2D eigenvalue weighted by molar-refractivity contribution is -0.121. The van der Waals surface area contributed by atoms with Crippen LogP contribution in [0.5, 0.6) is 0 Å².